The maximum atomic E-state index is 12.6. The zero-order chi connectivity index (χ0) is 17.1. The van der Waals surface area contributed by atoms with Crippen molar-refractivity contribution in [3.8, 4) is 10.6 Å². The van der Waals surface area contributed by atoms with E-state index in [0.29, 0.717) is 12.5 Å². The molecule has 1 amide bonds. The van der Waals surface area contributed by atoms with Gasteiger partial charge in [-0.05, 0) is 25.8 Å². The highest BCUT2D eigenvalue weighted by atomic mass is 35.5. The van der Waals surface area contributed by atoms with Crippen LogP contribution in [0, 0.1) is 0 Å². The van der Waals surface area contributed by atoms with Crippen molar-refractivity contribution >= 4 is 29.7 Å². The van der Waals surface area contributed by atoms with E-state index in [4.69, 9.17) is 0 Å². The van der Waals surface area contributed by atoms with Crippen LogP contribution >= 0.6 is 23.7 Å². The van der Waals surface area contributed by atoms with E-state index in [1.165, 1.54) is 5.56 Å². The molecular formula is C19H26ClN3OS. The molecule has 1 N–H and O–H groups in total. The second-order valence-corrected chi connectivity index (χ2v) is 7.30. The van der Waals surface area contributed by atoms with Crippen LogP contribution in [0.4, 0.5) is 0 Å². The first-order valence-electron chi connectivity index (χ1n) is 8.65. The van der Waals surface area contributed by atoms with Crippen LogP contribution in [0.25, 0.3) is 10.6 Å². The summed E-state index contributed by atoms with van der Waals surface area (Å²) < 4.78 is 0. The Hall–Kier alpha value is -1.43. The van der Waals surface area contributed by atoms with Crippen LogP contribution in [0.2, 0.25) is 0 Å². The fourth-order valence-electron chi connectivity index (χ4n) is 3.07. The number of carbonyl (C=O) groups excluding carboxylic acids is 1. The van der Waals surface area contributed by atoms with Crippen molar-refractivity contribution in [3.05, 3.63) is 40.9 Å². The lowest BCUT2D eigenvalue weighted by molar-refractivity contribution is -0.134. The molecule has 1 aliphatic heterocycles. The third-order valence-electron chi connectivity index (χ3n) is 4.85. The molecule has 6 heteroatoms. The highest BCUT2D eigenvalue weighted by Gasteiger charge is 2.28. The van der Waals surface area contributed by atoms with Crippen molar-refractivity contribution in [3.63, 3.8) is 0 Å². The number of aromatic nitrogens is 1. The fourth-order valence-corrected chi connectivity index (χ4v) is 3.89. The first-order valence-corrected chi connectivity index (χ1v) is 9.53. The number of rotatable bonds is 4. The van der Waals surface area contributed by atoms with Gasteiger partial charge in [-0.25, -0.2) is 4.98 Å². The summed E-state index contributed by atoms with van der Waals surface area (Å²) in [5.74, 6) is 0.175. The monoisotopic (exact) mass is 379 g/mol. The largest absolute Gasteiger partial charge is 0.337 e. The Bertz CT molecular complexity index is 701. The van der Waals surface area contributed by atoms with Gasteiger partial charge in [0.1, 0.15) is 5.01 Å². The Morgan fingerprint density at radius 2 is 2.04 bits per heavy atom. The van der Waals surface area contributed by atoms with Gasteiger partial charge in [-0.15, -0.1) is 23.7 Å². The molecule has 0 saturated carbocycles. The molecule has 0 bridgehead atoms. The number of nitrogens with zero attached hydrogens (tertiary/aromatic N) is 2. The summed E-state index contributed by atoms with van der Waals surface area (Å²) in [7, 11) is 0. The first-order chi connectivity index (χ1) is 11.6. The summed E-state index contributed by atoms with van der Waals surface area (Å²) in [5.41, 5.74) is 3.32. The number of thiazole rings is 1. The van der Waals surface area contributed by atoms with E-state index in [1.54, 1.807) is 11.3 Å². The van der Waals surface area contributed by atoms with Gasteiger partial charge in [0.25, 0.3) is 0 Å². The van der Waals surface area contributed by atoms with E-state index >= 15 is 0 Å². The van der Waals surface area contributed by atoms with Crippen LogP contribution in [0.5, 0.6) is 0 Å². The smallest absolute Gasteiger partial charge is 0.228 e. The summed E-state index contributed by atoms with van der Waals surface area (Å²) >= 11 is 1.61. The Morgan fingerprint density at radius 3 is 2.72 bits per heavy atom. The van der Waals surface area contributed by atoms with E-state index in [1.807, 2.05) is 10.3 Å². The summed E-state index contributed by atoms with van der Waals surface area (Å²) in [4.78, 5) is 19.3. The average molecular weight is 380 g/mol. The van der Waals surface area contributed by atoms with E-state index < -0.39 is 0 Å². The maximum Gasteiger partial charge on any atom is 0.228 e. The van der Waals surface area contributed by atoms with E-state index in [9.17, 15) is 4.79 Å². The molecule has 1 saturated heterocycles. The Balaban J connectivity index is 0.00000225. The van der Waals surface area contributed by atoms with Crippen molar-refractivity contribution in [1.82, 2.24) is 15.2 Å². The Labute approximate surface area is 160 Å². The van der Waals surface area contributed by atoms with Crippen LogP contribution in [-0.4, -0.2) is 41.0 Å². The topological polar surface area (TPSA) is 45.2 Å². The second-order valence-electron chi connectivity index (χ2n) is 6.44. The summed E-state index contributed by atoms with van der Waals surface area (Å²) in [6.07, 6.45) is 1.43. The van der Waals surface area contributed by atoms with Crippen LogP contribution in [0.3, 0.4) is 0 Å². The second kappa shape index (κ2) is 8.79. The lowest BCUT2D eigenvalue weighted by Crippen LogP contribution is -2.57. The molecule has 1 aliphatic rings. The van der Waals surface area contributed by atoms with Crippen LogP contribution in [-0.2, 0) is 17.6 Å². The summed E-state index contributed by atoms with van der Waals surface area (Å²) in [6, 6.07) is 9.08. The minimum atomic E-state index is 0. The molecule has 0 aliphatic carbocycles. The number of benzene rings is 1. The van der Waals surface area contributed by atoms with Crippen molar-refractivity contribution in [2.75, 3.05) is 13.1 Å². The highest BCUT2D eigenvalue weighted by molar-refractivity contribution is 7.13. The molecule has 4 nitrogen and oxygen atoms in total. The molecule has 1 fully saturated rings. The molecule has 2 heterocycles. The molecule has 2 atom stereocenters. The number of amides is 1. The molecule has 136 valence electrons. The van der Waals surface area contributed by atoms with Gasteiger partial charge in [0.2, 0.25) is 5.91 Å². The lowest BCUT2D eigenvalue weighted by atomic mass is 10.1. The Morgan fingerprint density at radius 1 is 1.32 bits per heavy atom. The zero-order valence-electron chi connectivity index (χ0n) is 15.0. The molecule has 2 aromatic rings. The third-order valence-corrected chi connectivity index (χ3v) is 5.79. The average Bonchev–Trinajstić information content (AvgIpc) is 3.05. The van der Waals surface area contributed by atoms with E-state index in [2.05, 4.69) is 55.3 Å². The van der Waals surface area contributed by atoms with Gasteiger partial charge in [0.05, 0.1) is 12.1 Å². The van der Waals surface area contributed by atoms with Crippen molar-refractivity contribution in [2.24, 2.45) is 0 Å². The number of aryl methyl sites for hydroxylation is 1. The van der Waals surface area contributed by atoms with Gasteiger partial charge in [0, 0.05) is 36.1 Å². The summed E-state index contributed by atoms with van der Waals surface area (Å²) in [6.45, 7) is 8.03. The van der Waals surface area contributed by atoms with Crippen molar-refractivity contribution in [1.29, 1.82) is 0 Å². The standard InChI is InChI=1S/C19H25N3OS.ClH/c1-4-15-5-7-16(8-6-15)19-21-17(12-24-19)11-18(23)22-10-9-20-13(2)14(22)3;/h5-8,12-14,20H,4,9-11H2,1-3H3;1H. The van der Waals surface area contributed by atoms with Gasteiger partial charge in [-0.1, -0.05) is 31.2 Å². The molecule has 0 spiro atoms. The molecule has 1 aromatic carbocycles. The summed E-state index contributed by atoms with van der Waals surface area (Å²) in [5, 5.41) is 6.41. The predicted octanol–water partition coefficient (Wildman–Crippen LogP) is 3.55. The number of hydrogen-bond acceptors (Lipinski definition) is 4. The van der Waals surface area contributed by atoms with E-state index in [-0.39, 0.29) is 24.4 Å². The predicted molar refractivity (Wildman–Crippen MR) is 107 cm³/mol. The SMILES string of the molecule is CCc1ccc(-c2nc(CC(=O)N3CCNC(C)C3C)cs2)cc1.Cl. The minimum Gasteiger partial charge on any atom is -0.337 e. The zero-order valence-corrected chi connectivity index (χ0v) is 16.6. The normalized spacial score (nSPS) is 20.2. The molecule has 3 rings (SSSR count). The molecular weight excluding hydrogens is 354 g/mol. The minimum absolute atomic E-state index is 0. The van der Waals surface area contributed by atoms with Gasteiger partial charge < -0.3 is 10.2 Å². The van der Waals surface area contributed by atoms with Gasteiger partial charge in [-0.3, -0.25) is 4.79 Å². The van der Waals surface area contributed by atoms with Crippen LogP contribution in [0.15, 0.2) is 29.6 Å². The number of piperazine rings is 1. The number of halogens is 1. The Kier molecular flexibility index (Phi) is 6.99. The van der Waals surface area contributed by atoms with Gasteiger partial charge in [-0.2, -0.15) is 0 Å². The number of carbonyl (C=O) groups is 1. The van der Waals surface area contributed by atoms with Crippen LogP contribution in [0.1, 0.15) is 32.0 Å². The number of hydrogen-bond donors (Lipinski definition) is 1. The van der Waals surface area contributed by atoms with Gasteiger partial charge in [0.15, 0.2) is 0 Å². The maximum absolute atomic E-state index is 12.6. The number of nitrogens with one attached hydrogen (secondary N) is 1. The molecule has 25 heavy (non-hydrogen) atoms. The quantitative estimate of drug-likeness (QED) is 0.883. The first kappa shape index (κ1) is 19.9. The molecule has 1 aromatic heterocycles. The highest BCUT2D eigenvalue weighted by Crippen LogP contribution is 2.25. The third kappa shape index (κ3) is 4.60. The molecule has 2 unspecified atom stereocenters. The van der Waals surface area contributed by atoms with E-state index in [0.717, 1.165) is 35.8 Å². The molecule has 0 radical (unpaired) electrons. The van der Waals surface area contributed by atoms with Gasteiger partial charge >= 0.3 is 0 Å². The lowest BCUT2D eigenvalue weighted by Gasteiger charge is -2.38. The van der Waals surface area contributed by atoms with Crippen molar-refractivity contribution in [2.45, 2.75) is 45.7 Å². The van der Waals surface area contributed by atoms with Crippen LogP contribution < -0.4 is 5.32 Å². The van der Waals surface area contributed by atoms with Crippen molar-refractivity contribution < 1.29 is 4.79 Å². The fraction of sp³-hybridized carbons (Fsp3) is 0.474.